The van der Waals surface area contributed by atoms with Crippen molar-refractivity contribution in [2.24, 2.45) is 5.73 Å². The largest absolute Gasteiger partial charge is 0.493 e. The van der Waals surface area contributed by atoms with Crippen LogP contribution in [0.1, 0.15) is 27.5 Å². The van der Waals surface area contributed by atoms with E-state index in [-0.39, 0.29) is 17.5 Å². The number of nitrogens with two attached hydrogens (primary N) is 2. The van der Waals surface area contributed by atoms with E-state index in [0.717, 1.165) is 0 Å². The van der Waals surface area contributed by atoms with Crippen LogP contribution in [0.15, 0.2) is 60.8 Å². The molecule has 0 saturated carbocycles. The summed E-state index contributed by atoms with van der Waals surface area (Å²) in [6.45, 7) is 0. The minimum absolute atomic E-state index is 0.221. The van der Waals surface area contributed by atoms with Gasteiger partial charge in [-0.15, -0.1) is 0 Å². The van der Waals surface area contributed by atoms with Crippen LogP contribution in [0.3, 0.4) is 0 Å². The van der Waals surface area contributed by atoms with E-state index >= 15 is 0 Å². The highest BCUT2D eigenvalue weighted by Crippen LogP contribution is 2.38. The first kappa shape index (κ1) is 24.3. The van der Waals surface area contributed by atoms with Crippen molar-refractivity contribution in [3.05, 3.63) is 77.5 Å². The monoisotopic (exact) mass is 462 g/mol. The van der Waals surface area contributed by atoms with Crippen LogP contribution in [0.25, 0.3) is 6.08 Å². The molecule has 34 heavy (non-hydrogen) atoms. The van der Waals surface area contributed by atoms with Crippen LogP contribution in [0.5, 0.6) is 17.2 Å². The molecule has 0 aliphatic carbocycles. The summed E-state index contributed by atoms with van der Waals surface area (Å²) >= 11 is 0. The predicted octanol–water partition coefficient (Wildman–Crippen LogP) is 3.22. The average molecular weight is 463 g/mol. The molecule has 0 bridgehead atoms. The number of aromatic nitrogens is 1. The standard InChI is InChI=1S/C25H26N4O5/c1-32-20-13-15(14-21(33-2)23(20)34-3)6-11-19(30)22(26)16-7-9-17(10-8-16)25(31)29-18-5-4-12-28-24(18)27/h4-14,22H,26H2,1-3H3,(H2,27,28)(H,29,31)/b11-6+. The molecule has 0 fully saturated rings. The number of benzene rings is 2. The summed E-state index contributed by atoms with van der Waals surface area (Å²) < 4.78 is 16.0. The van der Waals surface area contributed by atoms with E-state index in [1.807, 2.05) is 0 Å². The van der Waals surface area contributed by atoms with Gasteiger partial charge in [-0.2, -0.15) is 0 Å². The van der Waals surface area contributed by atoms with Crippen molar-refractivity contribution in [3.63, 3.8) is 0 Å². The number of amides is 1. The number of ether oxygens (including phenoxy) is 3. The second-order valence-electron chi connectivity index (χ2n) is 7.18. The summed E-state index contributed by atoms with van der Waals surface area (Å²) in [5.74, 6) is 0.960. The number of hydrogen-bond acceptors (Lipinski definition) is 8. The number of nitrogens with one attached hydrogen (secondary N) is 1. The van der Waals surface area contributed by atoms with Gasteiger partial charge in [-0.25, -0.2) is 4.98 Å². The number of carbonyl (C=O) groups is 2. The molecule has 2 aromatic carbocycles. The molecule has 1 unspecified atom stereocenters. The van der Waals surface area contributed by atoms with Crippen molar-refractivity contribution >= 4 is 29.3 Å². The first-order chi connectivity index (χ1) is 16.4. The minimum Gasteiger partial charge on any atom is -0.493 e. The molecular formula is C25H26N4O5. The Hall–Kier alpha value is -4.37. The van der Waals surface area contributed by atoms with E-state index in [4.69, 9.17) is 25.7 Å². The molecule has 0 radical (unpaired) electrons. The number of rotatable bonds is 9. The summed E-state index contributed by atoms with van der Waals surface area (Å²) in [5.41, 5.74) is 13.9. The highest BCUT2D eigenvalue weighted by Gasteiger charge is 2.16. The van der Waals surface area contributed by atoms with Crippen LogP contribution < -0.4 is 31.0 Å². The topological polar surface area (TPSA) is 139 Å². The lowest BCUT2D eigenvalue weighted by atomic mass is 10.0. The lowest BCUT2D eigenvalue weighted by Crippen LogP contribution is -2.20. The van der Waals surface area contributed by atoms with E-state index in [1.54, 1.807) is 54.6 Å². The van der Waals surface area contributed by atoms with Crippen LogP contribution in [-0.4, -0.2) is 38.0 Å². The molecule has 1 heterocycles. The van der Waals surface area contributed by atoms with Crippen LogP contribution in [0, 0.1) is 0 Å². The van der Waals surface area contributed by atoms with Crippen molar-refractivity contribution in [1.29, 1.82) is 0 Å². The summed E-state index contributed by atoms with van der Waals surface area (Å²) in [6, 6.07) is 12.3. The normalized spacial score (nSPS) is 11.6. The molecule has 3 rings (SSSR count). The van der Waals surface area contributed by atoms with Crippen molar-refractivity contribution in [2.75, 3.05) is 32.4 Å². The summed E-state index contributed by atoms with van der Waals surface area (Å²) in [4.78, 5) is 29.0. The first-order valence-electron chi connectivity index (χ1n) is 10.3. The Kier molecular flexibility index (Phi) is 7.83. The third kappa shape index (κ3) is 5.51. The lowest BCUT2D eigenvalue weighted by Gasteiger charge is -2.13. The number of nitrogens with zero attached hydrogens (tertiary/aromatic N) is 1. The number of pyridine rings is 1. The molecule has 3 aromatic rings. The number of hydrogen-bond donors (Lipinski definition) is 3. The van der Waals surface area contributed by atoms with Gasteiger partial charge in [0.25, 0.3) is 5.91 Å². The number of anilines is 2. The summed E-state index contributed by atoms with van der Waals surface area (Å²) in [6.07, 6.45) is 4.54. The molecule has 9 heteroatoms. The molecule has 1 aromatic heterocycles. The number of carbonyl (C=O) groups excluding carboxylic acids is 2. The molecule has 1 atom stereocenters. The third-order valence-electron chi connectivity index (χ3n) is 5.05. The van der Waals surface area contributed by atoms with E-state index in [1.165, 1.54) is 33.6 Å². The molecule has 5 N–H and O–H groups in total. The van der Waals surface area contributed by atoms with Gasteiger partial charge in [-0.05, 0) is 53.6 Å². The van der Waals surface area contributed by atoms with Gasteiger partial charge in [0.15, 0.2) is 17.3 Å². The number of ketones is 1. The van der Waals surface area contributed by atoms with Crippen LogP contribution in [-0.2, 0) is 4.79 Å². The van der Waals surface area contributed by atoms with Gasteiger partial charge in [0.2, 0.25) is 5.75 Å². The maximum Gasteiger partial charge on any atom is 0.255 e. The summed E-state index contributed by atoms with van der Waals surface area (Å²) in [5, 5.41) is 2.70. The zero-order valence-corrected chi connectivity index (χ0v) is 19.1. The Morgan fingerprint density at radius 2 is 1.65 bits per heavy atom. The fraction of sp³-hybridized carbons (Fsp3) is 0.160. The fourth-order valence-electron chi connectivity index (χ4n) is 3.20. The Bertz CT molecular complexity index is 1180. The van der Waals surface area contributed by atoms with E-state index in [0.29, 0.717) is 39.6 Å². The molecule has 1 amide bonds. The molecule has 0 saturated heterocycles. The van der Waals surface area contributed by atoms with Gasteiger partial charge < -0.3 is 31.0 Å². The Morgan fingerprint density at radius 1 is 1.00 bits per heavy atom. The van der Waals surface area contributed by atoms with E-state index in [9.17, 15) is 9.59 Å². The SMILES string of the molecule is COc1cc(/C=C/C(=O)C(N)c2ccc(C(=O)Nc3cccnc3N)cc2)cc(OC)c1OC. The second kappa shape index (κ2) is 11.0. The quantitative estimate of drug-likeness (QED) is 0.412. The Balaban J connectivity index is 1.70. The highest BCUT2D eigenvalue weighted by atomic mass is 16.5. The zero-order valence-electron chi connectivity index (χ0n) is 19.1. The maximum atomic E-state index is 12.6. The molecular weight excluding hydrogens is 436 g/mol. The molecule has 0 aliphatic heterocycles. The van der Waals surface area contributed by atoms with Gasteiger partial charge in [0.1, 0.15) is 5.82 Å². The Morgan fingerprint density at radius 3 is 2.21 bits per heavy atom. The van der Waals surface area contributed by atoms with E-state index in [2.05, 4.69) is 10.3 Å². The van der Waals surface area contributed by atoms with Crippen molar-refractivity contribution in [1.82, 2.24) is 4.98 Å². The molecule has 0 aliphatic rings. The second-order valence-corrected chi connectivity index (χ2v) is 7.18. The first-order valence-corrected chi connectivity index (χ1v) is 10.3. The fourth-order valence-corrected chi connectivity index (χ4v) is 3.20. The van der Waals surface area contributed by atoms with Crippen molar-refractivity contribution in [3.8, 4) is 17.2 Å². The van der Waals surface area contributed by atoms with Gasteiger partial charge >= 0.3 is 0 Å². The van der Waals surface area contributed by atoms with Crippen molar-refractivity contribution < 1.29 is 23.8 Å². The van der Waals surface area contributed by atoms with Gasteiger partial charge in [-0.1, -0.05) is 18.2 Å². The average Bonchev–Trinajstić information content (AvgIpc) is 2.87. The third-order valence-corrected chi connectivity index (χ3v) is 5.05. The van der Waals surface area contributed by atoms with Gasteiger partial charge in [0, 0.05) is 11.8 Å². The molecule has 176 valence electrons. The molecule has 9 nitrogen and oxygen atoms in total. The van der Waals surface area contributed by atoms with Crippen LogP contribution in [0.4, 0.5) is 11.5 Å². The lowest BCUT2D eigenvalue weighted by molar-refractivity contribution is -0.115. The number of methoxy groups -OCH3 is 3. The molecule has 0 spiro atoms. The van der Waals surface area contributed by atoms with Crippen LogP contribution in [0.2, 0.25) is 0 Å². The Labute approximate surface area is 197 Å². The highest BCUT2D eigenvalue weighted by molar-refractivity contribution is 6.05. The predicted molar refractivity (Wildman–Crippen MR) is 130 cm³/mol. The number of nitrogen functional groups attached to an aromatic ring is 1. The van der Waals surface area contributed by atoms with E-state index < -0.39 is 6.04 Å². The summed E-state index contributed by atoms with van der Waals surface area (Å²) in [7, 11) is 4.55. The van der Waals surface area contributed by atoms with Crippen molar-refractivity contribution in [2.45, 2.75) is 6.04 Å². The minimum atomic E-state index is -0.899. The van der Waals surface area contributed by atoms with Gasteiger partial charge in [0.05, 0.1) is 33.1 Å². The smallest absolute Gasteiger partial charge is 0.255 e. The maximum absolute atomic E-state index is 12.6. The van der Waals surface area contributed by atoms with Crippen LogP contribution >= 0.6 is 0 Å². The van der Waals surface area contributed by atoms with Gasteiger partial charge in [-0.3, -0.25) is 9.59 Å². The zero-order chi connectivity index (χ0) is 24.7.